The van der Waals surface area contributed by atoms with Gasteiger partial charge in [-0.25, -0.2) is 0 Å². The van der Waals surface area contributed by atoms with Gasteiger partial charge in [-0.1, -0.05) is 31.4 Å². The maximum absolute atomic E-state index is 11.8. The minimum Gasteiger partial charge on any atom is -0.484 e. The van der Waals surface area contributed by atoms with Crippen molar-refractivity contribution in [3.8, 4) is 5.75 Å². The van der Waals surface area contributed by atoms with Crippen molar-refractivity contribution >= 4 is 40.7 Å². The van der Waals surface area contributed by atoms with Gasteiger partial charge < -0.3 is 10.1 Å². The summed E-state index contributed by atoms with van der Waals surface area (Å²) in [5.41, 5.74) is 6.59. The van der Waals surface area contributed by atoms with Crippen LogP contribution in [0.5, 0.6) is 5.75 Å². The van der Waals surface area contributed by atoms with Crippen molar-refractivity contribution in [2.45, 2.75) is 46.5 Å². The van der Waals surface area contributed by atoms with E-state index in [1.807, 2.05) is 13.8 Å². The maximum Gasteiger partial charge on any atom is 0.276 e. The lowest BCUT2D eigenvalue weighted by molar-refractivity contribution is -0.124. The van der Waals surface area contributed by atoms with Gasteiger partial charge in [0, 0.05) is 11.4 Å². The van der Waals surface area contributed by atoms with E-state index in [2.05, 4.69) is 23.1 Å². The van der Waals surface area contributed by atoms with E-state index in [1.165, 1.54) is 0 Å². The summed E-state index contributed by atoms with van der Waals surface area (Å²) in [4.78, 5) is 23.3. The van der Waals surface area contributed by atoms with Crippen LogP contribution in [0.25, 0.3) is 0 Å². The summed E-state index contributed by atoms with van der Waals surface area (Å²) < 4.78 is 5.42. The molecule has 0 saturated heterocycles. The average Bonchev–Trinajstić information content (AvgIpc) is 2.56. The number of hydrogen-bond acceptors (Lipinski definition) is 4. The van der Waals surface area contributed by atoms with Gasteiger partial charge in [0.15, 0.2) is 11.7 Å². The highest BCUT2D eigenvalue weighted by atomic mass is 35.5. The zero-order valence-electron chi connectivity index (χ0n) is 14.7. The molecule has 8 heteroatoms. The van der Waals surface area contributed by atoms with E-state index in [0.717, 1.165) is 30.4 Å². The SMILES string of the molecule is CCCCCC(=O)NC(=S)NNC(=O)COc1cc(C)c(Cl)c(C)c1. The van der Waals surface area contributed by atoms with Crippen LogP contribution in [0, 0.1) is 13.8 Å². The summed E-state index contributed by atoms with van der Waals surface area (Å²) >= 11 is 11.0. The monoisotopic (exact) mass is 385 g/mol. The van der Waals surface area contributed by atoms with Crippen LogP contribution in [0.15, 0.2) is 12.1 Å². The Kier molecular flexibility index (Phi) is 9.23. The maximum atomic E-state index is 11.8. The number of aryl methyl sites for hydroxylation is 2. The van der Waals surface area contributed by atoms with Crippen LogP contribution in [0.2, 0.25) is 5.02 Å². The number of hydrazine groups is 1. The molecule has 0 aromatic heterocycles. The molecular weight excluding hydrogens is 362 g/mol. The van der Waals surface area contributed by atoms with Crippen LogP contribution in [0.3, 0.4) is 0 Å². The van der Waals surface area contributed by atoms with E-state index in [4.69, 9.17) is 28.6 Å². The highest BCUT2D eigenvalue weighted by Gasteiger charge is 2.08. The molecule has 0 radical (unpaired) electrons. The molecule has 1 aromatic rings. The third-order valence-corrected chi connectivity index (χ3v) is 4.16. The lowest BCUT2D eigenvalue weighted by Gasteiger charge is -2.12. The minimum atomic E-state index is -0.423. The van der Waals surface area contributed by atoms with E-state index in [-0.39, 0.29) is 17.6 Å². The van der Waals surface area contributed by atoms with Gasteiger partial charge in [0.25, 0.3) is 5.91 Å². The van der Waals surface area contributed by atoms with Gasteiger partial charge in [-0.3, -0.25) is 20.4 Å². The Morgan fingerprint density at radius 1 is 1.12 bits per heavy atom. The standard InChI is InChI=1S/C17H24ClN3O3S/c1-4-5-6-7-14(22)19-17(25)21-20-15(23)10-24-13-8-11(2)16(18)12(3)9-13/h8-9H,4-7,10H2,1-3H3,(H,20,23)(H2,19,21,22,25). The van der Waals surface area contributed by atoms with Gasteiger partial charge >= 0.3 is 0 Å². The van der Waals surface area contributed by atoms with Crippen LogP contribution in [-0.4, -0.2) is 23.5 Å². The molecule has 0 bridgehead atoms. The fourth-order valence-electron chi connectivity index (χ4n) is 2.06. The third kappa shape index (κ3) is 8.18. The van der Waals surface area contributed by atoms with Crippen molar-refractivity contribution in [3.05, 3.63) is 28.3 Å². The summed E-state index contributed by atoms with van der Waals surface area (Å²) in [5, 5.41) is 3.23. The Morgan fingerprint density at radius 2 is 1.76 bits per heavy atom. The highest BCUT2D eigenvalue weighted by molar-refractivity contribution is 7.80. The first kappa shape index (κ1) is 21.2. The molecule has 138 valence electrons. The normalized spacial score (nSPS) is 10.1. The zero-order chi connectivity index (χ0) is 18.8. The number of amides is 2. The second kappa shape index (κ2) is 10.9. The molecule has 0 heterocycles. The summed E-state index contributed by atoms with van der Waals surface area (Å²) in [6, 6.07) is 3.52. The third-order valence-electron chi connectivity index (χ3n) is 3.36. The molecule has 0 fully saturated rings. The van der Waals surface area contributed by atoms with Gasteiger partial charge in [0.2, 0.25) is 5.91 Å². The highest BCUT2D eigenvalue weighted by Crippen LogP contribution is 2.25. The predicted octanol–water partition coefficient (Wildman–Crippen LogP) is 2.94. The fraction of sp³-hybridized carbons (Fsp3) is 0.471. The number of nitrogens with one attached hydrogen (secondary N) is 3. The second-order valence-corrected chi connectivity index (χ2v) is 6.45. The molecule has 0 spiro atoms. The van der Waals surface area contributed by atoms with Crippen LogP contribution in [-0.2, 0) is 9.59 Å². The van der Waals surface area contributed by atoms with Gasteiger partial charge in [-0.05, 0) is 55.7 Å². The lowest BCUT2D eigenvalue weighted by atomic mass is 10.1. The molecule has 0 aliphatic rings. The predicted molar refractivity (Wildman–Crippen MR) is 103 cm³/mol. The first-order chi connectivity index (χ1) is 11.8. The molecule has 0 aliphatic heterocycles. The quantitative estimate of drug-likeness (QED) is 0.382. The van der Waals surface area contributed by atoms with E-state index in [9.17, 15) is 9.59 Å². The molecule has 0 saturated carbocycles. The lowest BCUT2D eigenvalue weighted by Crippen LogP contribution is -2.49. The number of ether oxygens (including phenoxy) is 1. The summed E-state index contributed by atoms with van der Waals surface area (Å²) in [6.45, 7) is 5.60. The molecule has 6 nitrogen and oxygen atoms in total. The number of unbranched alkanes of at least 4 members (excludes halogenated alkanes) is 2. The first-order valence-electron chi connectivity index (χ1n) is 8.11. The Hall–Kier alpha value is -1.86. The van der Waals surface area contributed by atoms with E-state index in [1.54, 1.807) is 12.1 Å². The van der Waals surface area contributed by atoms with Crippen LogP contribution < -0.4 is 20.9 Å². The molecule has 2 amide bonds. The Balaban J connectivity index is 2.30. The average molecular weight is 386 g/mol. The summed E-state index contributed by atoms with van der Waals surface area (Å²) in [7, 11) is 0. The molecule has 25 heavy (non-hydrogen) atoms. The van der Waals surface area contributed by atoms with Crippen molar-refractivity contribution in [3.63, 3.8) is 0 Å². The van der Waals surface area contributed by atoms with Gasteiger partial charge in [0.1, 0.15) is 5.75 Å². The summed E-state index contributed by atoms with van der Waals surface area (Å²) in [5.74, 6) is -0.0437. The molecular formula is C17H24ClN3O3S. The molecule has 3 N–H and O–H groups in total. The smallest absolute Gasteiger partial charge is 0.276 e. The van der Waals surface area contributed by atoms with Crippen molar-refractivity contribution in [1.82, 2.24) is 16.2 Å². The second-order valence-electron chi connectivity index (χ2n) is 5.67. The Morgan fingerprint density at radius 3 is 2.36 bits per heavy atom. The van der Waals surface area contributed by atoms with E-state index < -0.39 is 5.91 Å². The number of halogens is 1. The molecule has 0 aliphatic carbocycles. The van der Waals surface area contributed by atoms with Crippen LogP contribution in [0.4, 0.5) is 0 Å². The molecule has 0 atom stereocenters. The van der Waals surface area contributed by atoms with Crippen molar-refractivity contribution in [2.75, 3.05) is 6.61 Å². The number of carbonyl (C=O) groups excluding carboxylic acids is 2. The summed E-state index contributed by atoms with van der Waals surface area (Å²) in [6.07, 6.45) is 3.25. The van der Waals surface area contributed by atoms with Crippen LogP contribution >= 0.6 is 23.8 Å². The molecule has 1 rings (SSSR count). The first-order valence-corrected chi connectivity index (χ1v) is 8.90. The number of hydrogen-bond donors (Lipinski definition) is 3. The largest absolute Gasteiger partial charge is 0.484 e. The number of benzene rings is 1. The van der Waals surface area contributed by atoms with Crippen molar-refractivity contribution in [2.24, 2.45) is 0 Å². The molecule has 1 aromatic carbocycles. The Bertz CT molecular complexity index is 615. The minimum absolute atomic E-state index is 0.0491. The number of carbonyl (C=O) groups is 2. The number of rotatable bonds is 7. The fourth-order valence-corrected chi connectivity index (χ4v) is 2.33. The Labute approximate surface area is 158 Å². The van der Waals surface area contributed by atoms with E-state index >= 15 is 0 Å². The van der Waals surface area contributed by atoms with Crippen LogP contribution in [0.1, 0.15) is 43.7 Å². The number of thiocarbonyl (C=S) groups is 1. The van der Waals surface area contributed by atoms with Crippen molar-refractivity contribution < 1.29 is 14.3 Å². The topological polar surface area (TPSA) is 79.5 Å². The van der Waals surface area contributed by atoms with Gasteiger partial charge in [-0.15, -0.1) is 0 Å². The van der Waals surface area contributed by atoms with Crippen molar-refractivity contribution in [1.29, 1.82) is 0 Å². The van der Waals surface area contributed by atoms with E-state index in [0.29, 0.717) is 17.2 Å². The zero-order valence-corrected chi connectivity index (χ0v) is 16.3. The molecule has 0 unspecified atom stereocenters. The van der Waals surface area contributed by atoms with Gasteiger partial charge in [0.05, 0.1) is 0 Å². The van der Waals surface area contributed by atoms with Gasteiger partial charge in [-0.2, -0.15) is 0 Å².